The number of aromatic nitrogens is 2. The molecular formula is C30H26Br2N4O6S4. The lowest BCUT2D eigenvalue weighted by molar-refractivity contribution is 0.430. The van der Waals surface area contributed by atoms with E-state index in [9.17, 15) is 16.8 Å². The smallest absolute Gasteiger partial charge is 0.273 e. The summed E-state index contributed by atoms with van der Waals surface area (Å²) in [6.07, 6.45) is 1.40. The molecule has 0 aliphatic rings. The average molecular weight is 827 g/mol. The van der Waals surface area contributed by atoms with E-state index in [4.69, 9.17) is 9.05 Å². The molecule has 2 N–H and O–H groups in total. The molecule has 0 fully saturated rings. The van der Waals surface area contributed by atoms with Crippen LogP contribution in [0.15, 0.2) is 111 Å². The predicted octanol–water partition coefficient (Wildman–Crippen LogP) is 8.40. The van der Waals surface area contributed by atoms with Crippen LogP contribution in [0.25, 0.3) is 0 Å². The summed E-state index contributed by atoms with van der Waals surface area (Å²) in [5.74, 6) is 0.168. The van der Waals surface area contributed by atoms with Gasteiger partial charge in [-0.25, -0.2) is 26.3 Å². The summed E-state index contributed by atoms with van der Waals surface area (Å²) in [5.41, 5.74) is 3.44. The normalized spacial score (nSPS) is 11.6. The minimum Gasteiger partial charge on any atom is -0.336 e. The molecule has 0 spiro atoms. The third-order valence-corrected chi connectivity index (χ3v) is 14.0. The van der Waals surface area contributed by atoms with Crippen molar-refractivity contribution in [1.29, 1.82) is 0 Å². The molecule has 10 nitrogen and oxygen atoms in total. The average Bonchev–Trinajstić information content (AvgIpc) is 3.83. The molecule has 0 saturated carbocycles. The molecule has 4 aromatic heterocycles. The van der Waals surface area contributed by atoms with Crippen LogP contribution in [0.4, 0.5) is 11.8 Å². The predicted molar refractivity (Wildman–Crippen MR) is 187 cm³/mol. The van der Waals surface area contributed by atoms with Crippen molar-refractivity contribution in [3.8, 4) is 0 Å². The van der Waals surface area contributed by atoms with Crippen molar-refractivity contribution >= 4 is 86.3 Å². The second-order valence-electron chi connectivity index (χ2n) is 9.80. The number of thiophene rings is 2. The Labute approximate surface area is 291 Å². The zero-order valence-electron chi connectivity index (χ0n) is 24.2. The van der Waals surface area contributed by atoms with Crippen LogP contribution in [0, 0.1) is 13.8 Å². The largest absolute Gasteiger partial charge is 0.336 e. The van der Waals surface area contributed by atoms with Gasteiger partial charge in [-0.15, -0.1) is 22.7 Å². The highest BCUT2D eigenvalue weighted by Crippen LogP contribution is 2.32. The van der Waals surface area contributed by atoms with E-state index in [2.05, 4.69) is 51.6 Å². The van der Waals surface area contributed by atoms with Crippen LogP contribution in [0.2, 0.25) is 0 Å². The Morgan fingerprint density at radius 3 is 1.30 bits per heavy atom. The van der Waals surface area contributed by atoms with Crippen molar-refractivity contribution in [1.82, 2.24) is 10.3 Å². The van der Waals surface area contributed by atoms with Crippen LogP contribution in [-0.4, -0.2) is 27.1 Å². The fourth-order valence-electron chi connectivity index (χ4n) is 3.98. The monoisotopic (exact) mass is 824 g/mol. The Morgan fingerprint density at radius 2 is 0.978 bits per heavy atom. The molecule has 6 rings (SSSR count). The highest BCUT2D eigenvalue weighted by molar-refractivity contribution is 9.11. The quantitative estimate of drug-likeness (QED) is 0.140. The van der Waals surface area contributed by atoms with Crippen molar-refractivity contribution in [2.24, 2.45) is 0 Å². The maximum Gasteiger partial charge on any atom is 0.273 e. The van der Waals surface area contributed by atoms with Gasteiger partial charge in [0, 0.05) is 22.6 Å². The fraction of sp³-hybridized carbons (Fsp3) is 0.133. The van der Waals surface area contributed by atoms with Crippen molar-refractivity contribution in [3.63, 3.8) is 0 Å². The molecule has 240 valence electrons. The molecule has 2 aromatic carbocycles. The Morgan fingerprint density at radius 1 is 0.609 bits per heavy atom. The number of hydrogen-bond acceptors (Lipinski definition) is 10. The lowest BCUT2D eigenvalue weighted by Gasteiger charge is -2.02. The molecule has 0 radical (unpaired) electrons. The summed E-state index contributed by atoms with van der Waals surface area (Å²) >= 11 is 8.97. The number of nitrogens with one attached hydrogen (secondary N) is 2. The zero-order valence-corrected chi connectivity index (χ0v) is 30.7. The summed E-state index contributed by atoms with van der Waals surface area (Å²) in [6.45, 7) is 3.43. The highest BCUT2D eigenvalue weighted by Gasteiger charge is 2.23. The van der Waals surface area contributed by atoms with Gasteiger partial charge in [-0.1, -0.05) is 71.0 Å². The van der Waals surface area contributed by atoms with Crippen LogP contribution in [0.1, 0.15) is 32.3 Å². The van der Waals surface area contributed by atoms with Crippen molar-refractivity contribution in [2.75, 3.05) is 9.44 Å². The number of anilines is 2. The van der Waals surface area contributed by atoms with Gasteiger partial charge in [0.2, 0.25) is 0 Å². The Kier molecular flexibility index (Phi) is 10.8. The topological polar surface area (TPSA) is 144 Å². The highest BCUT2D eigenvalue weighted by atomic mass is 79.9. The molecule has 0 atom stereocenters. The van der Waals surface area contributed by atoms with Crippen molar-refractivity contribution in [3.05, 3.63) is 126 Å². The van der Waals surface area contributed by atoms with Gasteiger partial charge in [-0.05, 0) is 81.1 Å². The standard InChI is InChI=1S/2C15H13BrN2O3S2/c2*1-10-14(16)15(21-17-10)18-23(19,20)13-8-7-12(22-13)9-11-5-3-2-4-6-11/h2*2-8,18H,9H2,1H3. The van der Waals surface area contributed by atoms with Gasteiger partial charge >= 0.3 is 0 Å². The van der Waals surface area contributed by atoms with Crippen LogP contribution in [-0.2, 0) is 32.9 Å². The van der Waals surface area contributed by atoms with Crippen LogP contribution >= 0.6 is 54.5 Å². The molecule has 0 saturated heterocycles. The van der Waals surface area contributed by atoms with Gasteiger partial charge in [-0.2, -0.15) is 0 Å². The van der Waals surface area contributed by atoms with Gasteiger partial charge in [0.15, 0.2) is 0 Å². The number of rotatable bonds is 10. The molecule has 0 aliphatic heterocycles. The number of sulfonamides is 2. The first-order chi connectivity index (χ1) is 21.9. The first kappa shape index (κ1) is 34.1. The maximum atomic E-state index is 12.4. The lowest BCUT2D eigenvalue weighted by atomic mass is 10.1. The molecular weight excluding hydrogens is 800 g/mol. The van der Waals surface area contributed by atoms with E-state index < -0.39 is 20.0 Å². The molecule has 16 heteroatoms. The Balaban J connectivity index is 0.000000181. The van der Waals surface area contributed by atoms with Gasteiger partial charge in [0.1, 0.15) is 17.4 Å². The van der Waals surface area contributed by atoms with Gasteiger partial charge < -0.3 is 9.05 Å². The fourth-order valence-corrected chi connectivity index (χ4v) is 9.50. The van der Waals surface area contributed by atoms with E-state index in [1.807, 2.05) is 72.8 Å². The van der Waals surface area contributed by atoms with Crippen molar-refractivity contribution < 1.29 is 25.9 Å². The number of halogens is 2. The van der Waals surface area contributed by atoms with E-state index in [-0.39, 0.29) is 20.2 Å². The Bertz CT molecular complexity index is 1990. The summed E-state index contributed by atoms with van der Waals surface area (Å²) < 4.78 is 65.9. The van der Waals surface area contributed by atoms with Gasteiger partial charge in [0.05, 0.1) is 11.4 Å². The van der Waals surface area contributed by atoms with E-state index in [1.54, 1.807) is 26.0 Å². The molecule has 4 heterocycles. The minimum atomic E-state index is -3.69. The molecule has 0 amide bonds. The number of aryl methyl sites for hydroxylation is 2. The zero-order chi connectivity index (χ0) is 32.9. The summed E-state index contributed by atoms with van der Waals surface area (Å²) in [7, 11) is -7.38. The van der Waals surface area contributed by atoms with E-state index in [0.29, 0.717) is 33.2 Å². The molecule has 0 bridgehead atoms. The SMILES string of the molecule is Cc1noc(NS(=O)(=O)c2ccc(Cc3ccccc3)s2)c1Br.Cc1noc(NS(=O)(=O)c2ccc(Cc3ccccc3)s2)c1Br. The second-order valence-corrected chi connectivity index (χ2v) is 17.5. The second kappa shape index (κ2) is 14.6. The first-order valence-corrected chi connectivity index (χ1v) is 19.6. The molecule has 46 heavy (non-hydrogen) atoms. The summed E-state index contributed by atoms with van der Waals surface area (Å²) in [5, 5.41) is 7.42. The minimum absolute atomic E-state index is 0.0838. The van der Waals surface area contributed by atoms with E-state index in [0.717, 1.165) is 20.9 Å². The Hall–Kier alpha value is -3.28. The van der Waals surface area contributed by atoms with Crippen LogP contribution in [0.3, 0.4) is 0 Å². The first-order valence-electron chi connectivity index (χ1n) is 13.5. The maximum absolute atomic E-state index is 12.4. The summed E-state index contributed by atoms with van der Waals surface area (Å²) in [6, 6.07) is 26.7. The third kappa shape index (κ3) is 8.54. The number of benzene rings is 2. The van der Waals surface area contributed by atoms with Gasteiger partial charge in [-0.3, -0.25) is 0 Å². The molecule has 0 unspecified atom stereocenters. The van der Waals surface area contributed by atoms with E-state index >= 15 is 0 Å². The van der Waals surface area contributed by atoms with Gasteiger partial charge in [0.25, 0.3) is 31.8 Å². The summed E-state index contributed by atoms with van der Waals surface area (Å²) in [4.78, 5) is 1.95. The van der Waals surface area contributed by atoms with Crippen LogP contribution < -0.4 is 9.44 Å². The molecule has 6 aromatic rings. The van der Waals surface area contributed by atoms with Crippen molar-refractivity contribution in [2.45, 2.75) is 35.1 Å². The lowest BCUT2D eigenvalue weighted by Crippen LogP contribution is -2.11. The third-order valence-electron chi connectivity index (χ3n) is 6.28. The molecule has 0 aliphatic carbocycles. The van der Waals surface area contributed by atoms with Crippen LogP contribution in [0.5, 0.6) is 0 Å². The van der Waals surface area contributed by atoms with E-state index in [1.165, 1.54) is 22.7 Å². The number of nitrogens with zero attached hydrogens (tertiary/aromatic N) is 2. The number of hydrogen-bond donors (Lipinski definition) is 2.